The number of anilines is 1. The lowest BCUT2D eigenvalue weighted by Crippen LogP contribution is -2.35. The predicted octanol–water partition coefficient (Wildman–Crippen LogP) is 3.14. The number of imide groups is 1. The Bertz CT molecular complexity index is 563. The normalized spacial score (nSPS) is 11.6. The maximum atomic E-state index is 11.6. The van der Waals surface area contributed by atoms with Crippen LogP contribution in [0.1, 0.15) is 19.8 Å². The quantitative estimate of drug-likeness (QED) is 0.771. The summed E-state index contributed by atoms with van der Waals surface area (Å²) >= 11 is 11.6. The van der Waals surface area contributed by atoms with Gasteiger partial charge in [0.1, 0.15) is 0 Å². The minimum absolute atomic E-state index is 0.0614. The van der Waals surface area contributed by atoms with Crippen molar-refractivity contribution in [1.82, 2.24) is 5.32 Å². The van der Waals surface area contributed by atoms with E-state index in [0.29, 0.717) is 10.7 Å². The number of hydrogen-bond donors (Lipinski definition) is 3. The number of rotatable bonds is 5. The van der Waals surface area contributed by atoms with Crippen molar-refractivity contribution in [3.63, 3.8) is 0 Å². The molecular weight excluding hydrogens is 319 g/mol. The van der Waals surface area contributed by atoms with Crippen molar-refractivity contribution in [3.05, 3.63) is 28.2 Å². The van der Waals surface area contributed by atoms with Crippen LogP contribution in [-0.4, -0.2) is 23.0 Å². The van der Waals surface area contributed by atoms with E-state index in [1.54, 1.807) is 13.0 Å². The topological polar surface area (TPSA) is 95.5 Å². The van der Waals surface area contributed by atoms with Crippen LogP contribution in [-0.2, 0) is 9.59 Å². The summed E-state index contributed by atoms with van der Waals surface area (Å²) < 4.78 is 0. The number of urea groups is 1. The average Bonchev–Trinajstić information content (AvgIpc) is 2.31. The highest BCUT2D eigenvalue weighted by Gasteiger charge is 2.15. The predicted molar refractivity (Wildman–Crippen MR) is 79.7 cm³/mol. The van der Waals surface area contributed by atoms with Crippen LogP contribution in [0.25, 0.3) is 0 Å². The third kappa shape index (κ3) is 6.46. The number of halogens is 2. The first-order chi connectivity index (χ1) is 9.77. The van der Waals surface area contributed by atoms with Crippen LogP contribution in [0.4, 0.5) is 10.5 Å². The second kappa shape index (κ2) is 7.85. The Kier molecular flexibility index (Phi) is 6.45. The van der Waals surface area contributed by atoms with Crippen LogP contribution in [0.5, 0.6) is 0 Å². The van der Waals surface area contributed by atoms with Gasteiger partial charge in [-0.2, -0.15) is 0 Å². The maximum Gasteiger partial charge on any atom is 0.325 e. The van der Waals surface area contributed by atoms with Gasteiger partial charge in [-0.1, -0.05) is 30.1 Å². The van der Waals surface area contributed by atoms with Crippen molar-refractivity contribution in [3.8, 4) is 0 Å². The second-order valence-corrected chi connectivity index (χ2v) is 5.38. The average molecular weight is 333 g/mol. The Morgan fingerprint density at radius 3 is 2.48 bits per heavy atom. The molecule has 3 N–H and O–H groups in total. The Labute approximate surface area is 131 Å². The fourth-order valence-corrected chi connectivity index (χ4v) is 2.06. The molecule has 21 heavy (non-hydrogen) atoms. The fraction of sp³-hybridized carbons (Fsp3) is 0.308. The summed E-state index contributed by atoms with van der Waals surface area (Å²) in [6, 6.07) is 3.75. The van der Waals surface area contributed by atoms with Gasteiger partial charge in [-0.15, -0.1) is 0 Å². The van der Waals surface area contributed by atoms with Crippen LogP contribution in [0.3, 0.4) is 0 Å². The van der Waals surface area contributed by atoms with Gasteiger partial charge in [0.2, 0.25) is 5.91 Å². The number of aliphatic carboxylic acids is 1. The Balaban J connectivity index is 2.49. The molecule has 6 nitrogen and oxygen atoms in total. The summed E-state index contributed by atoms with van der Waals surface area (Å²) in [7, 11) is 0. The zero-order chi connectivity index (χ0) is 16.0. The molecule has 114 valence electrons. The van der Waals surface area contributed by atoms with Gasteiger partial charge in [-0.3, -0.25) is 14.9 Å². The third-order valence-corrected chi connectivity index (χ3v) is 3.04. The second-order valence-electron chi connectivity index (χ2n) is 4.53. The van der Waals surface area contributed by atoms with Crippen LogP contribution < -0.4 is 10.6 Å². The van der Waals surface area contributed by atoms with Crippen LogP contribution in [0, 0.1) is 5.92 Å². The first-order valence-corrected chi connectivity index (χ1v) is 6.81. The highest BCUT2D eigenvalue weighted by atomic mass is 35.5. The molecule has 1 atom stereocenters. The molecule has 1 rings (SSSR count). The van der Waals surface area contributed by atoms with Crippen LogP contribution in [0.15, 0.2) is 18.2 Å². The van der Waals surface area contributed by atoms with E-state index in [1.165, 1.54) is 12.1 Å². The Morgan fingerprint density at radius 2 is 1.90 bits per heavy atom. The number of benzene rings is 1. The van der Waals surface area contributed by atoms with Crippen molar-refractivity contribution in [2.75, 3.05) is 5.32 Å². The highest BCUT2D eigenvalue weighted by molar-refractivity contribution is 6.36. The van der Waals surface area contributed by atoms with Gasteiger partial charge in [0.15, 0.2) is 0 Å². The van der Waals surface area contributed by atoms with Gasteiger partial charge >= 0.3 is 12.0 Å². The van der Waals surface area contributed by atoms with Gasteiger partial charge in [-0.25, -0.2) is 4.79 Å². The Hall–Kier alpha value is -1.79. The van der Waals surface area contributed by atoms with E-state index < -0.39 is 17.9 Å². The summed E-state index contributed by atoms with van der Waals surface area (Å²) in [5.74, 6) is -1.92. The zero-order valence-corrected chi connectivity index (χ0v) is 12.7. The summed E-state index contributed by atoms with van der Waals surface area (Å²) in [6.45, 7) is 1.61. The molecule has 0 aliphatic rings. The smallest absolute Gasteiger partial charge is 0.325 e. The standard InChI is InChI=1S/C13H14Cl2N2O4/c1-7(5-12(19)20)4-11(18)17-13(21)16-10-3-2-8(14)6-9(10)15/h2-3,6-7H,4-5H2,1H3,(H,19,20)(H2,16,17,18,21). The van der Waals surface area contributed by atoms with Crippen molar-refractivity contribution >= 4 is 46.8 Å². The molecule has 0 aliphatic heterocycles. The number of carbonyl (C=O) groups is 3. The van der Waals surface area contributed by atoms with Crippen LogP contribution in [0.2, 0.25) is 10.0 Å². The SMILES string of the molecule is CC(CC(=O)O)CC(=O)NC(=O)Nc1ccc(Cl)cc1Cl. The summed E-state index contributed by atoms with van der Waals surface area (Å²) in [5, 5.41) is 13.8. The first-order valence-electron chi connectivity index (χ1n) is 6.05. The maximum absolute atomic E-state index is 11.6. The van der Waals surface area contributed by atoms with Gasteiger partial charge in [0.05, 0.1) is 10.7 Å². The number of nitrogens with one attached hydrogen (secondary N) is 2. The number of carboxylic acid groups (broad SMARTS) is 1. The van der Waals surface area contributed by atoms with Crippen molar-refractivity contribution < 1.29 is 19.5 Å². The van der Waals surface area contributed by atoms with E-state index in [2.05, 4.69) is 10.6 Å². The Morgan fingerprint density at radius 1 is 1.24 bits per heavy atom. The highest BCUT2D eigenvalue weighted by Crippen LogP contribution is 2.25. The lowest BCUT2D eigenvalue weighted by atomic mass is 10.0. The van der Waals surface area contributed by atoms with Crippen molar-refractivity contribution in [2.45, 2.75) is 19.8 Å². The van der Waals surface area contributed by atoms with Gasteiger partial charge in [-0.05, 0) is 24.1 Å². The molecule has 0 aromatic heterocycles. The third-order valence-electron chi connectivity index (χ3n) is 2.49. The molecule has 0 heterocycles. The number of amides is 3. The number of carboxylic acids is 1. The van der Waals surface area contributed by atoms with Gasteiger partial charge in [0.25, 0.3) is 0 Å². The van der Waals surface area contributed by atoms with Crippen molar-refractivity contribution in [2.24, 2.45) is 5.92 Å². The van der Waals surface area contributed by atoms with Crippen LogP contribution >= 0.6 is 23.2 Å². The monoisotopic (exact) mass is 332 g/mol. The van der Waals surface area contributed by atoms with E-state index in [4.69, 9.17) is 28.3 Å². The van der Waals surface area contributed by atoms with E-state index in [-0.39, 0.29) is 23.8 Å². The molecule has 3 amide bonds. The van der Waals surface area contributed by atoms with Crippen molar-refractivity contribution in [1.29, 1.82) is 0 Å². The fourth-order valence-electron chi connectivity index (χ4n) is 1.61. The molecule has 0 saturated carbocycles. The van der Waals surface area contributed by atoms with E-state index in [9.17, 15) is 14.4 Å². The molecule has 0 radical (unpaired) electrons. The summed E-state index contributed by atoms with van der Waals surface area (Å²) in [5.41, 5.74) is 0.310. The largest absolute Gasteiger partial charge is 0.481 e. The van der Waals surface area contributed by atoms with E-state index in [1.807, 2.05) is 0 Å². The first kappa shape index (κ1) is 17.3. The van der Waals surface area contributed by atoms with E-state index in [0.717, 1.165) is 0 Å². The molecule has 1 unspecified atom stereocenters. The molecule has 1 aromatic carbocycles. The molecule has 0 aliphatic carbocycles. The molecule has 0 saturated heterocycles. The molecule has 8 heteroatoms. The van der Waals surface area contributed by atoms with E-state index >= 15 is 0 Å². The molecule has 0 spiro atoms. The lowest BCUT2D eigenvalue weighted by Gasteiger charge is -2.10. The number of carbonyl (C=O) groups excluding carboxylic acids is 2. The summed E-state index contributed by atoms with van der Waals surface area (Å²) in [4.78, 5) is 33.7. The summed E-state index contributed by atoms with van der Waals surface area (Å²) in [6.07, 6.45) is -0.202. The molecule has 0 fully saturated rings. The molecule has 0 bridgehead atoms. The minimum atomic E-state index is -0.993. The molecular formula is C13H14Cl2N2O4. The van der Waals surface area contributed by atoms with Gasteiger partial charge in [0, 0.05) is 17.9 Å². The molecule has 1 aromatic rings. The lowest BCUT2D eigenvalue weighted by molar-refractivity contribution is -0.138. The zero-order valence-electron chi connectivity index (χ0n) is 11.2. The number of hydrogen-bond acceptors (Lipinski definition) is 3. The van der Waals surface area contributed by atoms with Gasteiger partial charge < -0.3 is 10.4 Å². The minimum Gasteiger partial charge on any atom is -0.481 e.